The van der Waals surface area contributed by atoms with Gasteiger partial charge in [0.15, 0.2) is 17.2 Å². The molecule has 184 valence electrons. The third kappa shape index (κ3) is 4.57. The van der Waals surface area contributed by atoms with E-state index in [4.69, 9.17) is 9.47 Å². The fraction of sp³-hybridized carbons (Fsp3) is 0.231. The second-order valence-electron chi connectivity index (χ2n) is 8.55. The molecule has 0 saturated carbocycles. The standard InChI is InChI=1S/C26H24FN5O4/c1-14-22-23(16(13-29-24(22)32-31-14)11-15-3-6-18(35-2)7-4-15)36-21-8-5-17(12-20(21)27)30-26(34)19-9-10-28-25(19)33/h3-8,12-13,19H,9-11H2,1-2H3,(H,28,33)(H,30,34)(H,29,31,32). The van der Waals surface area contributed by atoms with Crippen molar-refractivity contribution < 1.29 is 23.5 Å². The van der Waals surface area contributed by atoms with Crippen molar-refractivity contribution in [2.24, 2.45) is 5.92 Å². The first-order valence-electron chi connectivity index (χ1n) is 11.4. The number of amides is 2. The van der Waals surface area contributed by atoms with Gasteiger partial charge < -0.3 is 20.1 Å². The van der Waals surface area contributed by atoms with E-state index in [1.54, 1.807) is 13.3 Å². The number of carbonyl (C=O) groups excluding carboxylic acids is 2. The third-order valence-corrected chi connectivity index (χ3v) is 6.12. The van der Waals surface area contributed by atoms with E-state index in [0.717, 1.165) is 22.6 Å². The molecule has 0 bridgehead atoms. The van der Waals surface area contributed by atoms with Gasteiger partial charge in [-0.25, -0.2) is 9.37 Å². The number of carbonyl (C=O) groups is 2. The zero-order valence-electron chi connectivity index (χ0n) is 19.7. The van der Waals surface area contributed by atoms with Crippen LogP contribution in [0.1, 0.15) is 23.2 Å². The zero-order valence-corrected chi connectivity index (χ0v) is 19.7. The highest BCUT2D eigenvalue weighted by Gasteiger charge is 2.31. The number of benzene rings is 2. The number of hydrogen-bond acceptors (Lipinski definition) is 6. The summed E-state index contributed by atoms with van der Waals surface area (Å²) in [5, 5.41) is 13.0. The molecule has 2 amide bonds. The fourth-order valence-electron chi connectivity index (χ4n) is 4.19. The van der Waals surface area contributed by atoms with Crippen molar-refractivity contribution in [3.63, 3.8) is 0 Å². The van der Waals surface area contributed by atoms with Gasteiger partial charge in [0.2, 0.25) is 11.8 Å². The number of H-pyrrole nitrogens is 1. The Balaban J connectivity index is 1.43. The van der Waals surface area contributed by atoms with Gasteiger partial charge in [0.05, 0.1) is 12.5 Å². The average molecular weight is 490 g/mol. The van der Waals surface area contributed by atoms with E-state index in [-0.39, 0.29) is 17.3 Å². The molecule has 0 radical (unpaired) electrons. The number of aryl methyl sites for hydroxylation is 1. The summed E-state index contributed by atoms with van der Waals surface area (Å²) in [4.78, 5) is 28.6. The number of hydrogen-bond donors (Lipinski definition) is 3. The predicted molar refractivity (Wildman–Crippen MR) is 131 cm³/mol. The largest absolute Gasteiger partial charge is 0.497 e. The Kier molecular flexibility index (Phi) is 6.24. The minimum absolute atomic E-state index is 0.0179. The van der Waals surface area contributed by atoms with Crippen molar-refractivity contribution in [2.45, 2.75) is 19.8 Å². The molecule has 5 rings (SSSR count). The first-order valence-corrected chi connectivity index (χ1v) is 11.4. The molecule has 36 heavy (non-hydrogen) atoms. The summed E-state index contributed by atoms with van der Waals surface area (Å²) in [5.41, 5.74) is 3.18. The molecule has 1 atom stereocenters. The maximum Gasteiger partial charge on any atom is 0.237 e. The highest BCUT2D eigenvalue weighted by molar-refractivity contribution is 6.07. The Bertz CT molecular complexity index is 1450. The molecule has 2 aromatic carbocycles. The molecule has 2 aromatic heterocycles. The molecule has 1 aliphatic heterocycles. The van der Waals surface area contributed by atoms with Gasteiger partial charge >= 0.3 is 0 Å². The number of fused-ring (bicyclic) bond motifs is 1. The van der Waals surface area contributed by atoms with Crippen LogP contribution in [0.5, 0.6) is 17.2 Å². The summed E-state index contributed by atoms with van der Waals surface area (Å²) in [7, 11) is 1.61. The molecule has 10 heteroatoms. The lowest BCUT2D eigenvalue weighted by atomic mass is 10.0. The van der Waals surface area contributed by atoms with Gasteiger partial charge in [-0.05, 0) is 43.2 Å². The minimum Gasteiger partial charge on any atom is -0.497 e. The molecule has 4 aromatic rings. The van der Waals surface area contributed by atoms with Crippen LogP contribution in [-0.4, -0.2) is 40.7 Å². The van der Waals surface area contributed by atoms with Gasteiger partial charge in [-0.2, -0.15) is 5.10 Å². The van der Waals surface area contributed by atoms with Crippen molar-refractivity contribution >= 4 is 28.5 Å². The number of ether oxygens (including phenoxy) is 2. The highest BCUT2D eigenvalue weighted by Crippen LogP contribution is 2.36. The summed E-state index contributed by atoms with van der Waals surface area (Å²) in [5.74, 6) is -1.06. The summed E-state index contributed by atoms with van der Waals surface area (Å²) in [6, 6.07) is 11.8. The summed E-state index contributed by atoms with van der Waals surface area (Å²) < 4.78 is 26.4. The highest BCUT2D eigenvalue weighted by atomic mass is 19.1. The number of pyridine rings is 1. The molecule has 1 aliphatic rings. The quantitative estimate of drug-likeness (QED) is 0.339. The number of nitrogens with one attached hydrogen (secondary N) is 3. The lowest BCUT2D eigenvalue weighted by Gasteiger charge is -2.15. The molecule has 9 nitrogen and oxygen atoms in total. The molecule has 1 saturated heterocycles. The van der Waals surface area contributed by atoms with E-state index in [1.165, 1.54) is 18.2 Å². The lowest BCUT2D eigenvalue weighted by Crippen LogP contribution is -2.29. The smallest absolute Gasteiger partial charge is 0.237 e. The van der Waals surface area contributed by atoms with Crippen molar-refractivity contribution in [3.05, 3.63) is 71.3 Å². The molecular formula is C26H24FN5O4. The summed E-state index contributed by atoms with van der Waals surface area (Å²) >= 11 is 0. The van der Waals surface area contributed by atoms with Gasteiger partial charge in [-0.1, -0.05) is 12.1 Å². The van der Waals surface area contributed by atoms with Crippen LogP contribution in [0.15, 0.2) is 48.7 Å². The van der Waals surface area contributed by atoms with E-state index in [9.17, 15) is 9.59 Å². The van der Waals surface area contributed by atoms with E-state index < -0.39 is 17.6 Å². The number of halogens is 1. The van der Waals surface area contributed by atoms with Crippen molar-refractivity contribution in [3.8, 4) is 17.2 Å². The van der Waals surface area contributed by atoms with Gasteiger partial charge in [-0.3, -0.25) is 14.7 Å². The van der Waals surface area contributed by atoms with E-state index in [2.05, 4.69) is 25.8 Å². The number of nitrogens with zero attached hydrogens (tertiary/aromatic N) is 2. The van der Waals surface area contributed by atoms with Crippen LogP contribution in [0.4, 0.5) is 10.1 Å². The number of anilines is 1. The van der Waals surface area contributed by atoms with Crippen molar-refractivity contribution in [1.29, 1.82) is 0 Å². The maximum absolute atomic E-state index is 15.1. The van der Waals surface area contributed by atoms with E-state index in [1.807, 2.05) is 31.2 Å². The van der Waals surface area contributed by atoms with Crippen molar-refractivity contribution in [2.75, 3.05) is 19.0 Å². The van der Waals surface area contributed by atoms with Gasteiger partial charge in [0, 0.05) is 42.2 Å². The molecule has 3 N–H and O–H groups in total. The summed E-state index contributed by atoms with van der Waals surface area (Å²) in [6.07, 6.45) is 2.57. The second-order valence-corrected chi connectivity index (χ2v) is 8.55. The van der Waals surface area contributed by atoms with Crippen LogP contribution < -0.4 is 20.1 Å². The van der Waals surface area contributed by atoms with E-state index >= 15 is 4.39 Å². The average Bonchev–Trinajstić information content (AvgIpc) is 3.48. The maximum atomic E-state index is 15.1. The first-order chi connectivity index (χ1) is 17.4. The van der Waals surface area contributed by atoms with Crippen LogP contribution in [0.2, 0.25) is 0 Å². The molecule has 0 aliphatic carbocycles. The minimum atomic E-state index is -0.779. The SMILES string of the molecule is COc1ccc(Cc2cnc3n[nH]c(C)c3c2Oc2ccc(NC(=O)C3CCNC3=O)cc2F)cc1. The van der Waals surface area contributed by atoms with Crippen molar-refractivity contribution in [1.82, 2.24) is 20.5 Å². The molecule has 3 heterocycles. The van der Waals surface area contributed by atoms with Gasteiger partial charge in [-0.15, -0.1) is 0 Å². The first kappa shape index (κ1) is 23.3. The Morgan fingerprint density at radius 2 is 2.03 bits per heavy atom. The normalized spacial score (nSPS) is 15.1. The number of aromatic nitrogens is 3. The van der Waals surface area contributed by atoms with Gasteiger partial charge in [0.25, 0.3) is 0 Å². The van der Waals surface area contributed by atoms with Crippen LogP contribution in [-0.2, 0) is 16.0 Å². The third-order valence-electron chi connectivity index (χ3n) is 6.12. The predicted octanol–water partition coefficient (Wildman–Crippen LogP) is 3.87. The Morgan fingerprint density at radius 1 is 1.22 bits per heavy atom. The molecule has 1 unspecified atom stereocenters. The van der Waals surface area contributed by atoms with Gasteiger partial charge in [0.1, 0.15) is 17.4 Å². The molecular weight excluding hydrogens is 465 g/mol. The monoisotopic (exact) mass is 489 g/mol. The second kappa shape index (κ2) is 9.65. The van der Waals surface area contributed by atoms with Crippen LogP contribution in [0.25, 0.3) is 11.0 Å². The Morgan fingerprint density at radius 3 is 2.72 bits per heavy atom. The fourth-order valence-corrected chi connectivity index (χ4v) is 4.19. The molecule has 0 spiro atoms. The Labute approximate surface area is 206 Å². The van der Waals surface area contributed by atoms with Crippen LogP contribution >= 0.6 is 0 Å². The van der Waals surface area contributed by atoms with E-state index in [0.29, 0.717) is 36.2 Å². The number of methoxy groups -OCH3 is 1. The summed E-state index contributed by atoms with van der Waals surface area (Å²) in [6.45, 7) is 2.29. The lowest BCUT2D eigenvalue weighted by molar-refractivity contribution is -0.130. The zero-order chi connectivity index (χ0) is 25.2. The number of aromatic amines is 1. The number of rotatable bonds is 7. The topological polar surface area (TPSA) is 118 Å². The van der Waals surface area contributed by atoms with Crippen LogP contribution in [0.3, 0.4) is 0 Å². The Hall–Kier alpha value is -4.47. The van der Waals surface area contributed by atoms with Crippen LogP contribution in [0, 0.1) is 18.7 Å². The molecule has 1 fully saturated rings.